The van der Waals surface area contributed by atoms with Gasteiger partial charge in [0.1, 0.15) is 5.75 Å². The minimum absolute atomic E-state index is 0.342. The summed E-state index contributed by atoms with van der Waals surface area (Å²) < 4.78 is 7.52. The number of aryl methyl sites for hydroxylation is 1. The van der Waals surface area contributed by atoms with Crippen LogP contribution < -0.4 is 4.74 Å². The molecule has 2 heterocycles. The number of rotatable bonds is 3. The number of aromatic nitrogens is 2. The van der Waals surface area contributed by atoms with Gasteiger partial charge in [-0.3, -0.25) is 0 Å². The molecular formula is C15H18N2O2. The van der Waals surface area contributed by atoms with Gasteiger partial charge in [0.2, 0.25) is 0 Å². The number of benzene rings is 1. The van der Waals surface area contributed by atoms with Gasteiger partial charge in [0.15, 0.2) is 0 Å². The van der Waals surface area contributed by atoms with Crippen molar-refractivity contribution < 1.29 is 9.84 Å². The quantitative estimate of drug-likeness (QED) is 0.919. The first-order valence-corrected chi connectivity index (χ1v) is 6.61. The van der Waals surface area contributed by atoms with E-state index in [0.717, 1.165) is 24.5 Å². The van der Waals surface area contributed by atoms with Crippen LogP contribution in [0.1, 0.15) is 36.1 Å². The van der Waals surface area contributed by atoms with E-state index in [1.54, 1.807) is 12.5 Å². The second kappa shape index (κ2) is 5.05. The van der Waals surface area contributed by atoms with Gasteiger partial charge >= 0.3 is 0 Å². The van der Waals surface area contributed by atoms with Crippen LogP contribution >= 0.6 is 0 Å². The number of aliphatic hydroxyl groups excluding tert-OH is 1. The Morgan fingerprint density at radius 1 is 1.47 bits per heavy atom. The SMILES string of the molecule is Cn1cncc1C(O)CC1CCOc2ccccc21. The zero-order valence-corrected chi connectivity index (χ0v) is 11.0. The smallest absolute Gasteiger partial charge is 0.122 e. The van der Waals surface area contributed by atoms with Gasteiger partial charge in [0, 0.05) is 7.05 Å². The van der Waals surface area contributed by atoms with Crippen LogP contribution in [0.5, 0.6) is 5.75 Å². The predicted octanol–water partition coefficient (Wildman–Crippen LogP) is 2.41. The van der Waals surface area contributed by atoms with E-state index >= 15 is 0 Å². The number of nitrogens with zero attached hydrogens (tertiary/aromatic N) is 2. The molecule has 0 saturated carbocycles. The van der Waals surface area contributed by atoms with Crippen molar-refractivity contribution in [1.29, 1.82) is 0 Å². The summed E-state index contributed by atoms with van der Waals surface area (Å²) in [4.78, 5) is 4.06. The average molecular weight is 258 g/mol. The van der Waals surface area contributed by atoms with Crippen LogP contribution in [0, 0.1) is 0 Å². The summed E-state index contributed by atoms with van der Waals surface area (Å²) in [7, 11) is 1.91. The lowest BCUT2D eigenvalue weighted by Crippen LogP contribution is -2.17. The zero-order chi connectivity index (χ0) is 13.2. The first-order chi connectivity index (χ1) is 9.25. The van der Waals surface area contributed by atoms with Crippen LogP contribution in [-0.2, 0) is 7.05 Å². The summed E-state index contributed by atoms with van der Waals surface area (Å²) >= 11 is 0. The molecule has 0 fully saturated rings. The van der Waals surface area contributed by atoms with Gasteiger partial charge in [-0.2, -0.15) is 0 Å². The summed E-state index contributed by atoms with van der Waals surface area (Å²) in [5.41, 5.74) is 2.07. The second-order valence-electron chi connectivity index (χ2n) is 5.05. The Morgan fingerprint density at radius 2 is 2.32 bits per heavy atom. The highest BCUT2D eigenvalue weighted by Gasteiger charge is 2.25. The van der Waals surface area contributed by atoms with Crippen molar-refractivity contribution in [1.82, 2.24) is 9.55 Å². The number of hydrogen-bond donors (Lipinski definition) is 1. The van der Waals surface area contributed by atoms with E-state index in [1.807, 2.05) is 29.8 Å². The lowest BCUT2D eigenvalue weighted by atomic mass is 9.87. The molecule has 3 rings (SSSR count). The van der Waals surface area contributed by atoms with Crippen molar-refractivity contribution in [2.24, 2.45) is 7.05 Å². The highest BCUT2D eigenvalue weighted by atomic mass is 16.5. The molecule has 100 valence electrons. The summed E-state index contributed by atoms with van der Waals surface area (Å²) in [5, 5.41) is 10.4. The maximum atomic E-state index is 10.4. The fourth-order valence-corrected chi connectivity index (χ4v) is 2.74. The minimum Gasteiger partial charge on any atom is -0.493 e. The molecule has 1 N–H and O–H groups in total. The lowest BCUT2D eigenvalue weighted by molar-refractivity contribution is 0.138. The fraction of sp³-hybridized carbons (Fsp3) is 0.400. The molecule has 1 aromatic carbocycles. The highest BCUT2D eigenvalue weighted by Crippen LogP contribution is 2.38. The van der Waals surface area contributed by atoms with Crippen molar-refractivity contribution in [2.45, 2.75) is 24.9 Å². The van der Waals surface area contributed by atoms with Gasteiger partial charge < -0.3 is 14.4 Å². The normalized spacial score (nSPS) is 19.6. The fourth-order valence-electron chi connectivity index (χ4n) is 2.74. The minimum atomic E-state index is -0.483. The molecule has 0 amide bonds. The van der Waals surface area contributed by atoms with Crippen LogP contribution in [0.15, 0.2) is 36.8 Å². The number of fused-ring (bicyclic) bond motifs is 1. The van der Waals surface area contributed by atoms with Crippen molar-refractivity contribution in [3.8, 4) is 5.75 Å². The summed E-state index contributed by atoms with van der Waals surface area (Å²) in [6.45, 7) is 0.722. The van der Waals surface area contributed by atoms with Crippen LogP contribution in [0.2, 0.25) is 0 Å². The molecule has 2 unspecified atom stereocenters. The van der Waals surface area contributed by atoms with E-state index in [9.17, 15) is 5.11 Å². The number of aliphatic hydroxyl groups is 1. The Kier molecular flexibility index (Phi) is 3.25. The van der Waals surface area contributed by atoms with Gasteiger partial charge in [0.25, 0.3) is 0 Å². The van der Waals surface area contributed by atoms with Gasteiger partial charge in [-0.15, -0.1) is 0 Å². The van der Waals surface area contributed by atoms with Crippen molar-refractivity contribution in [3.05, 3.63) is 48.0 Å². The first kappa shape index (κ1) is 12.2. The first-order valence-electron chi connectivity index (χ1n) is 6.61. The van der Waals surface area contributed by atoms with E-state index in [-0.39, 0.29) is 0 Å². The molecule has 0 aliphatic carbocycles. The van der Waals surface area contributed by atoms with E-state index in [1.165, 1.54) is 5.56 Å². The van der Waals surface area contributed by atoms with Crippen LogP contribution in [-0.4, -0.2) is 21.3 Å². The van der Waals surface area contributed by atoms with Crippen molar-refractivity contribution >= 4 is 0 Å². The van der Waals surface area contributed by atoms with Crippen LogP contribution in [0.4, 0.5) is 0 Å². The van der Waals surface area contributed by atoms with Gasteiger partial charge in [-0.1, -0.05) is 18.2 Å². The molecule has 0 saturated heterocycles. The number of para-hydroxylation sites is 1. The third kappa shape index (κ3) is 2.36. The number of ether oxygens (including phenoxy) is 1. The second-order valence-corrected chi connectivity index (χ2v) is 5.05. The summed E-state index contributed by atoms with van der Waals surface area (Å²) in [5.74, 6) is 1.30. The molecule has 19 heavy (non-hydrogen) atoms. The van der Waals surface area contributed by atoms with Gasteiger partial charge in [-0.25, -0.2) is 4.98 Å². The molecule has 0 bridgehead atoms. The van der Waals surface area contributed by atoms with E-state index < -0.39 is 6.10 Å². The topological polar surface area (TPSA) is 47.3 Å². The molecule has 0 radical (unpaired) electrons. The Bertz CT molecular complexity index is 565. The van der Waals surface area contributed by atoms with Crippen molar-refractivity contribution in [3.63, 3.8) is 0 Å². The van der Waals surface area contributed by atoms with Crippen molar-refractivity contribution in [2.75, 3.05) is 6.61 Å². The molecule has 2 aromatic rings. The summed E-state index contributed by atoms with van der Waals surface area (Å²) in [6.07, 6.45) is 4.63. The number of imidazole rings is 1. The highest BCUT2D eigenvalue weighted by molar-refractivity contribution is 5.37. The van der Waals surface area contributed by atoms with Gasteiger partial charge in [0.05, 0.1) is 30.9 Å². The molecule has 0 spiro atoms. The Labute approximate surface area is 112 Å². The Hall–Kier alpha value is -1.81. The third-order valence-corrected chi connectivity index (χ3v) is 3.79. The molecule has 4 nitrogen and oxygen atoms in total. The summed E-state index contributed by atoms with van der Waals surface area (Å²) in [6, 6.07) is 8.10. The maximum Gasteiger partial charge on any atom is 0.122 e. The van der Waals surface area contributed by atoms with E-state index in [4.69, 9.17) is 4.74 Å². The van der Waals surface area contributed by atoms with Gasteiger partial charge in [-0.05, 0) is 30.4 Å². The molecular weight excluding hydrogens is 240 g/mol. The standard InChI is InChI=1S/C15H18N2O2/c1-17-10-16-9-13(17)14(18)8-11-6-7-19-15-5-3-2-4-12(11)15/h2-5,9-11,14,18H,6-8H2,1H3. The Balaban J connectivity index is 1.80. The Morgan fingerprint density at radius 3 is 3.11 bits per heavy atom. The number of hydrogen-bond acceptors (Lipinski definition) is 3. The van der Waals surface area contributed by atoms with Crippen LogP contribution in [0.3, 0.4) is 0 Å². The predicted molar refractivity (Wildman–Crippen MR) is 72.1 cm³/mol. The molecule has 1 aromatic heterocycles. The average Bonchev–Trinajstić information content (AvgIpc) is 2.85. The molecule has 2 atom stereocenters. The zero-order valence-electron chi connectivity index (χ0n) is 11.0. The molecule has 1 aliphatic rings. The largest absolute Gasteiger partial charge is 0.493 e. The lowest BCUT2D eigenvalue weighted by Gasteiger charge is -2.27. The molecule has 1 aliphatic heterocycles. The van der Waals surface area contributed by atoms with E-state index in [0.29, 0.717) is 12.3 Å². The third-order valence-electron chi connectivity index (χ3n) is 3.79. The van der Waals surface area contributed by atoms with Crippen LogP contribution in [0.25, 0.3) is 0 Å². The van der Waals surface area contributed by atoms with E-state index in [2.05, 4.69) is 11.1 Å². The molecule has 4 heteroatoms. The monoisotopic (exact) mass is 258 g/mol. The maximum absolute atomic E-state index is 10.4.